The zero-order valence-electron chi connectivity index (χ0n) is 8.32. The molecule has 3 nitrogen and oxygen atoms in total. The quantitative estimate of drug-likeness (QED) is 0.550. The van der Waals surface area contributed by atoms with E-state index < -0.39 is 0 Å². The van der Waals surface area contributed by atoms with E-state index in [0.29, 0.717) is 0 Å². The summed E-state index contributed by atoms with van der Waals surface area (Å²) in [4.78, 5) is 0. The molecule has 15 heavy (non-hydrogen) atoms. The first-order valence-corrected chi connectivity index (χ1v) is 4.56. The number of hydrogen-bond acceptors (Lipinski definition) is 3. The van der Waals surface area contributed by atoms with Gasteiger partial charge in [0.1, 0.15) is 5.75 Å². The van der Waals surface area contributed by atoms with Crippen molar-refractivity contribution < 1.29 is 9.84 Å². The SMILES string of the molecule is COC(=N)c1ccc2cc(O)ccc2c1. The minimum absolute atomic E-state index is 0.143. The van der Waals surface area contributed by atoms with Gasteiger partial charge in [-0.05, 0) is 35.0 Å². The minimum Gasteiger partial charge on any atom is -0.508 e. The molecule has 0 amide bonds. The Morgan fingerprint density at radius 3 is 2.53 bits per heavy atom. The van der Waals surface area contributed by atoms with Crippen LogP contribution >= 0.6 is 0 Å². The first-order valence-electron chi connectivity index (χ1n) is 4.56. The second kappa shape index (κ2) is 3.61. The molecule has 0 spiro atoms. The average molecular weight is 201 g/mol. The van der Waals surface area contributed by atoms with Gasteiger partial charge >= 0.3 is 0 Å². The number of methoxy groups -OCH3 is 1. The molecule has 2 aromatic rings. The average Bonchev–Trinajstić information content (AvgIpc) is 2.27. The zero-order valence-corrected chi connectivity index (χ0v) is 8.32. The molecule has 0 heterocycles. The number of rotatable bonds is 1. The van der Waals surface area contributed by atoms with Gasteiger partial charge in [0, 0.05) is 5.56 Å². The van der Waals surface area contributed by atoms with Gasteiger partial charge in [0.15, 0.2) is 0 Å². The third kappa shape index (κ3) is 1.76. The van der Waals surface area contributed by atoms with E-state index in [0.717, 1.165) is 16.3 Å². The van der Waals surface area contributed by atoms with Crippen LogP contribution in [-0.2, 0) is 4.74 Å². The van der Waals surface area contributed by atoms with E-state index in [-0.39, 0.29) is 11.6 Å². The predicted octanol–water partition coefficient (Wildman–Crippen LogP) is 2.52. The fraction of sp³-hybridized carbons (Fsp3) is 0.0833. The number of nitrogens with one attached hydrogen (secondary N) is 1. The van der Waals surface area contributed by atoms with Gasteiger partial charge in [0.2, 0.25) is 5.90 Å². The molecule has 0 saturated carbocycles. The molecule has 0 atom stereocenters. The fourth-order valence-corrected chi connectivity index (χ4v) is 1.49. The molecular formula is C12H11NO2. The highest BCUT2D eigenvalue weighted by Crippen LogP contribution is 2.21. The third-order valence-electron chi connectivity index (χ3n) is 2.29. The molecule has 0 saturated heterocycles. The molecule has 2 N–H and O–H groups in total. The number of ether oxygens (including phenoxy) is 1. The van der Waals surface area contributed by atoms with Crippen molar-refractivity contribution in [3.63, 3.8) is 0 Å². The van der Waals surface area contributed by atoms with Gasteiger partial charge in [-0.3, -0.25) is 5.41 Å². The lowest BCUT2D eigenvalue weighted by atomic mass is 10.1. The maximum absolute atomic E-state index is 9.29. The second-order valence-corrected chi connectivity index (χ2v) is 3.28. The van der Waals surface area contributed by atoms with Gasteiger partial charge in [-0.1, -0.05) is 12.1 Å². The first-order chi connectivity index (χ1) is 7.20. The summed E-state index contributed by atoms with van der Waals surface area (Å²) in [5, 5.41) is 18.7. The molecule has 3 heteroatoms. The van der Waals surface area contributed by atoms with Gasteiger partial charge in [0.25, 0.3) is 0 Å². The van der Waals surface area contributed by atoms with Crippen LogP contribution in [0.5, 0.6) is 5.75 Å². The van der Waals surface area contributed by atoms with Crippen molar-refractivity contribution in [2.45, 2.75) is 0 Å². The van der Waals surface area contributed by atoms with Crippen molar-refractivity contribution in [1.29, 1.82) is 5.41 Å². The van der Waals surface area contributed by atoms with E-state index in [2.05, 4.69) is 0 Å². The van der Waals surface area contributed by atoms with Crippen molar-refractivity contribution in [2.24, 2.45) is 0 Å². The Morgan fingerprint density at radius 1 is 1.13 bits per heavy atom. The van der Waals surface area contributed by atoms with E-state index in [4.69, 9.17) is 10.1 Å². The van der Waals surface area contributed by atoms with Crippen LogP contribution in [0.3, 0.4) is 0 Å². The summed E-state index contributed by atoms with van der Waals surface area (Å²) in [5.41, 5.74) is 0.732. The fourth-order valence-electron chi connectivity index (χ4n) is 1.49. The lowest BCUT2D eigenvalue weighted by Gasteiger charge is -2.04. The summed E-state index contributed by atoms with van der Waals surface area (Å²) in [7, 11) is 1.48. The highest BCUT2D eigenvalue weighted by Gasteiger charge is 2.02. The molecule has 76 valence electrons. The molecule has 0 bridgehead atoms. The summed E-state index contributed by atoms with van der Waals surface area (Å²) in [6, 6.07) is 10.7. The van der Waals surface area contributed by atoms with Crippen LogP contribution in [-0.4, -0.2) is 18.1 Å². The molecule has 0 aliphatic rings. The summed E-state index contributed by atoms with van der Waals surface area (Å²) >= 11 is 0. The molecule has 0 aromatic heterocycles. The number of hydrogen-bond donors (Lipinski definition) is 2. The minimum atomic E-state index is 0.143. The molecule has 0 fully saturated rings. The lowest BCUT2D eigenvalue weighted by Crippen LogP contribution is -2.00. The van der Waals surface area contributed by atoms with Crippen LogP contribution in [0.2, 0.25) is 0 Å². The maximum atomic E-state index is 9.29. The lowest BCUT2D eigenvalue weighted by molar-refractivity contribution is 0.401. The Hall–Kier alpha value is -2.03. The number of aromatic hydroxyl groups is 1. The molecule has 2 rings (SSSR count). The summed E-state index contributed by atoms with van der Waals surface area (Å²) < 4.78 is 4.84. The Morgan fingerprint density at radius 2 is 1.80 bits per heavy atom. The van der Waals surface area contributed by atoms with Gasteiger partial charge in [-0.15, -0.1) is 0 Å². The molecule has 0 aliphatic carbocycles. The highest BCUT2D eigenvalue weighted by atomic mass is 16.5. The molecule has 0 aliphatic heterocycles. The Bertz CT molecular complexity index is 520. The van der Waals surface area contributed by atoms with Crippen LogP contribution in [0.15, 0.2) is 36.4 Å². The summed E-state index contributed by atoms with van der Waals surface area (Å²) in [6.07, 6.45) is 0. The summed E-state index contributed by atoms with van der Waals surface area (Å²) in [6.45, 7) is 0. The molecule has 0 radical (unpaired) electrons. The smallest absolute Gasteiger partial charge is 0.212 e. The van der Waals surface area contributed by atoms with Crippen molar-refractivity contribution in [1.82, 2.24) is 0 Å². The highest BCUT2D eigenvalue weighted by molar-refractivity contribution is 5.96. The second-order valence-electron chi connectivity index (χ2n) is 3.28. The van der Waals surface area contributed by atoms with Crippen LogP contribution in [0, 0.1) is 5.41 Å². The van der Waals surface area contributed by atoms with Crippen molar-refractivity contribution >= 4 is 16.7 Å². The molecule has 0 unspecified atom stereocenters. The van der Waals surface area contributed by atoms with E-state index >= 15 is 0 Å². The van der Waals surface area contributed by atoms with Crippen molar-refractivity contribution in [3.8, 4) is 5.75 Å². The maximum Gasteiger partial charge on any atom is 0.212 e. The predicted molar refractivity (Wildman–Crippen MR) is 59.5 cm³/mol. The number of fused-ring (bicyclic) bond motifs is 1. The summed E-state index contributed by atoms with van der Waals surface area (Å²) in [5.74, 6) is 0.391. The van der Waals surface area contributed by atoms with Gasteiger partial charge in [-0.2, -0.15) is 0 Å². The van der Waals surface area contributed by atoms with Crippen LogP contribution in [0.4, 0.5) is 0 Å². The van der Waals surface area contributed by atoms with Gasteiger partial charge in [-0.25, -0.2) is 0 Å². The Balaban J connectivity index is 2.57. The largest absolute Gasteiger partial charge is 0.508 e. The van der Waals surface area contributed by atoms with Gasteiger partial charge in [0.05, 0.1) is 7.11 Å². The van der Waals surface area contributed by atoms with E-state index in [1.807, 2.05) is 18.2 Å². The monoisotopic (exact) mass is 201 g/mol. The standard InChI is InChI=1S/C12H11NO2/c1-15-12(13)10-3-2-9-7-11(14)5-4-8(9)6-10/h2-7,13-14H,1H3. The van der Waals surface area contributed by atoms with Crippen LogP contribution in [0.1, 0.15) is 5.56 Å². The number of phenols is 1. The van der Waals surface area contributed by atoms with E-state index in [9.17, 15) is 5.11 Å². The Kier molecular flexibility index (Phi) is 2.29. The zero-order chi connectivity index (χ0) is 10.8. The van der Waals surface area contributed by atoms with E-state index in [1.165, 1.54) is 7.11 Å². The normalized spacial score (nSPS) is 10.2. The Labute approximate surface area is 87.4 Å². The van der Waals surface area contributed by atoms with E-state index in [1.54, 1.807) is 18.2 Å². The van der Waals surface area contributed by atoms with Crippen LogP contribution < -0.4 is 0 Å². The number of benzene rings is 2. The third-order valence-corrected chi connectivity index (χ3v) is 2.29. The number of phenolic OH excluding ortho intramolecular Hbond substituents is 1. The van der Waals surface area contributed by atoms with Crippen molar-refractivity contribution in [3.05, 3.63) is 42.0 Å². The first kappa shape index (κ1) is 9.52. The van der Waals surface area contributed by atoms with Crippen LogP contribution in [0.25, 0.3) is 10.8 Å². The molecule has 2 aromatic carbocycles. The van der Waals surface area contributed by atoms with Gasteiger partial charge < -0.3 is 9.84 Å². The topological polar surface area (TPSA) is 53.3 Å². The molecular weight excluding hydrogens is 190 g/mol. The van der Waals surface area contributed by atoms with Crippen molar-refractivity contribution in [2.75, 3.05) is 7.11 Å².